The molecule has 2 heterocycles. The third kappa shape index (κ3) is 5.52. The van der Waals surface area contributed by atoms with E-state index in [1.54, 1.807) is 4.90 Å². The van der Waals surface area contributed by atoms with Crippen LogP contribution in [0.15, 0.2) is 40.4 Å². The molecule has 0 spiro atoms. The number of esters is 1. The van der Waals surface area contributed by atoms with Crippen molar-refractivity contribution >= 4 is 31.1 Å². The average molecular weight is 408 g/mol. The van der Waals surface area contributed by atoms with Crippen molar-refractivity contribution in [1.29, 1.82) is 0 Å². The lowest BCUT2D eigenvalue weighted by atomic mass is 9.91. The number of hydrogen-bond acceptors (Lipinski definition) is 5. The molecule has 2 aliphatic heterocycles. The van der Waals surface area contributed by atoms with Crippen LogP contribution in [0.2, 0.25) is 0 Å². The molecule has 0 saturated heterocycles. The highest BCUT2D eigenvalue weighted by atomic mass is 16.6. The summed E-state index contributed by atoms with van der Waals surface area (Å²) in [5, 5.41) is 0. The van der Waals surface area contributed by atoms with E-state index in [2.05, 4.69) is 0 Å². The Labute approximate surface area is 179 Å². The second-order valence-corrected chi connectivity index (χ2v) is 8.78. The lowest BCUT2D eigenvalue weighted by molar-refractivity contribution is -0.139. The van der Waals surface area contributed by atoms with Crippen LogP contribution in [0.5, 0.6) is 0 Å². The fourth-order valence-electron chi connectivity index (χ4n) is 3.82. The summed E-state index contributed by atoms with van der Waals surface area (Å²) >= 11 is 0. The Morgan fingerprint density at radius 2 is 1.90 bits per heavy atom. The summed E-state index contributed by atoms with van der Waals surface area (Å²) in [5.74, 6) is -0.340. The van der Waals surface area contributed by atoms with Gasteiger partial charge in [-0.2, -0.15) is 0 Å². The molecular weight excluding hydrogens is 379 g/mol. The summed E-state index contributed by atoms with van der Waals surface area (Å²) in [6.07, 6.45) is 2.22. The Morgan fingerprint density at radius 3 is 2.53 bits per heavy atom. The molecule has 1 aromatic rings. The minimum atomic E-state index is -0.557. The standard InChI is InChI=1S/C23H29BN2O4/c1-23(2,3)30-22(28)26-12-11-15-7-10-19(16-5-8-17(24)9-6-16)25-20(18(15)14-26)13-21(27)29-4/h5-6,8-9,19H,7,10-14H2,1-4H3. The van der Waals surface area contributed by atoms with E-state index in [9.17, 15) is 9.59 Å². The van der Waals surface area contributed by atoms with Gasteiger partial charge in [-0.1, -0.05) is 35.3 Å². The van der Waals surface area contributed by atoms with Crippen molar-refractivity contribution in [2.75, 3.05) is 20.2 Å². The van der Waals surface area contributed by atoms with Crippen molar-refractivity contribution < 1.29 is 19.1 Å². The van der Waals surface area contributed by atoms with E-state index in [1.165, 1.54) is 12.7 Å². The zero-order chi connectivity index (χ0) is 21.9. The largest absolute Gasteiger partial charge is 0.469 e. The molecule has 2 aliphatic rings. The molecule has 0 N–H and O–H groups in total. The molecule has 0 bridgehead atoms. The predicted octanol–water partition coefficient (Wildman–Crippen LogP) is 3.26. The molecule has 0 saturated carbocycles. The second-order valence-electron chi connectivity index (χ2n) is 8.78. The van der Waals surface area contributed by atoms with Crippen molar-refractivity contribution in [2.45, 2.75) is 58.1 Å². The maximum absolute atomic E-state index is 12.6. The van der Waals surface area contributed by atoms with E-state index >= 15 is 0 Å². The van der Waals surface area contributed by atoms with Crippen molar-refractivity contribution in [3.8, 4) is 0 Å². The molecule has 1 atom stereocenters. The van der Waals surface area contributed by atoms with Crippen LogP contribution in [0.1, 0.15) is 58.1 Å². The van der Waals surface area contributed by atoms with Crippen molar-refractivity contribution in [3.05, 3.63) is 41.0 Å². The van der Waals surface area contributed by atoms with E-state index in [4.69, 9.17) is 22.3 Å². The third-order valence-electron chi connectivity index (χ3n) is 5.35. The summed E-state index contributed by atoms with van der Waals surface area (Å²) < 4.78 is 10.5. The van der Waals surface area contributed by atoms with Gasteiger partial charge in [-0.05, 0) is 51.2 Å². The Hall–Kier alpha value is -2.57. The van der Waals surface area contributed by atoms with E-state index in [-0.39, 0.29) is 24.5 Å². The maximum Gasteiger partial charge on any atom is 0.410 e. The molecule has 3 rings (SSSR count). The lowest BCUT2D eigenvalue weighted by Gasteiger charge is -2.32. The van der Waals surface area contributed by atoms with Crippen LogP contribution < -0.4 is 5.46 Å². The number of nitrogens with zero attached hydrogens (tertiary/aromatic N) is 2. The molecule has 0 aliphatic carbocycles. The number of carbonyl (C=O) groups excluding carboxylic acids is 2. The van der Waals surface area contributed by atoms with E-state index in [0.29, 0.717) is 24.3 Å². The first-order chi connectivity index (χ1) is 14.2. The molecule has 158 valence electrons. The zero-order valence-corrected chi connectivity index (χ0v) is 18.2. The Bertz CT molecular complexity index is 868. The Morgan fingerprint density at radius 1 is 1.20 bits per heavy atom. The van der Waals surface area contributed by atoms with Crippen molar-refractivity contribution in [1.82, 2.24) is 4.90 Å². The fourth-order valence-corrected chi connectivity index (χ4v) is 3.82. The van der Waals surface area contributed by atoms with Gasteiger partial charge in [-0.15, -0.1) is 0 Å². The number of benzene rings is 1. The van der Waals surface area contributed by atoms with Gasteiger partial charge in [0.25, 0.3) is 0 Å². The molecule has 1 aromatic carbocycles. The van der Waals surface area contributed by atoms with Crippen LogP contribution in [-0.4, -0.2) is 56.3 Å². The number of amides is 1. The maximum atomic E-state index is 12.6. The molecular formula is C23H29BN2O4. The first-order valence-corrected chi connectivity index (χ1v) is 10.3. The first kappa shape index (κ1) is 22.1. The average Bonchev–Trinajstić information content (AvgIpc) is 2.86. The summed E-state index contributed by atoms with van der Waals surface area (Å²) in [6, 6.07) is 7.64. The van der Waals surface area contributed by atoms with Gasteiger partial charge in [0.1, 0.15) is 13.4 Å². The Kier molecular flexibility index (Phi) is 6.69. The molecule has 1 amide bonds. The SMILES string of the molecule is [B]c1ccc(C2CCC3=C(CN(C(=O)OC(C)(C)C)CC3)C(CC(=O)OC)=N2)cc1. The van der Waals surface area contributed by atoms with Crippen LogP contribution in [0, 0.1) is 0 Å². The topological polar surface area (TPSA) is 68.2 Å². The number of methoxy groups -OCH3 is 1. The number of aliphatic imine (C=N–C) groups is 1. The smallest absolute Gasteiger partial charge is 0.410 e. The number of rotatable bonds is 3. The van der Waals surface area contributed by atoms with E-state index < -0.39 is 5.60 Å². The molecule has 6 nitrogen and oxygen atoms in total. The van der Waals surface area contributed by atoms with Gasteiger partial charge in [-0.25, -0.2) is 4.79 Å². The number of hydrogen-bond donors (Lipinski definition) is 0. The second kappa shape index (κ2) is 9.06. The molecule has 1 unspecified atom stereocenters. The van der Waals surface area contributed by atoms with Crippen LogP contribution in [0.25, 0.3) is 0 Å². The summed E-state index contributed by atoms with van der Waals surface area (Å²) in [6.45, 7) is 6.56. The molecule has 2 radical (unpaired) electrons. The van der Waals surface area contributed by atoms with Gasteiger partial charge in [0.15, 0.2) is 0 Å². The normalized spacial score (nSPS) is 19.5. The minimum absolute atomic E-state index is 0.0640. The van der Waals surface area contributed by atoms with Gasteiger partial charge in [0.2, 0.25) is 0 Å². The van der Waals surface area contributed by atoms with Crippen LogP contribution in [0.4, 0.5) is 4.79 Å². The van der Waals surface area contributed by atoms with Crippen LogP contribution in [-0.2, 0) is 14.3 Å². The summed E-state index contributed by atoms with van der Waals surface area (Å²) in [7, 11) is 7.20. The third-order valence-corrected chi connectivity index (χ3v) is 5.35. The highest BCUT2D eigenvalue weighted by Crippen LogP contribution is 2.34. The fraction of sp³-hybridized carbons (Fsp3) is 0.522. The number of ether oxygens (including phenoxy) is 2. The zero-order valence-electron chi connectivity index (χ0n) is 18.2. The monoisotopic (exact) mass is 408 g/mol. The van der Waals surface area contributed by atoms with Gasteiger partial charge < -0.3 is 14.4 Å². The highest BCUT2D eigenvalue weighted by molar-refractivity contribution is 6.32. The van der Waals surface area contributed by atoms with Crippen molar-refractivity contribution in [2.24, 2.45) is 4.99 Å². The van der Waals surface area contributed by atoms with Gasteiger partial charge in [-0.3, -0.25) is 9.79 Å². The predicted molar refractivity (Wildman–Crippen MR) is 117 cm³/mol. The molecule has 0 aromatic heterocycles. The minimum Gasteiger partial charge on any atom is -0.469 e. The molecule has 0 fully saturated rings. The number of carbonyl (C=O) groups is 2. The van der Waals surface area contributed by atoms with Crippen LogP contribution >= 0.6 is 0 Å². The van der Waals surface area contributed by atoms with Gasteiger partial charge in [0, 0.05) is 6.54 Å². The van der Waals surface area contributed by atoms with Crippen LogP contribution in [0.3, 0.4) is 0 Å². The molecule has 30 heavy (non-hydrogen) atoms. The quantitative estimate of drug-likeness (QED) is 0.569. The lowest BCUT2D eigenvalue weighted by Crippen LogP contribution is -2.42. The van der Waals surface area contributed by atoms with E-state index in [0.717, 1.165) is 30.4 Å². The summed E-state index contributed by atoms with van der Waals surface area (Å²) in [5.41, 5.74) is 4.14. The van der Waals surface area contributed by atoms with Crippen molar-refractivity contribution in [3.63, 3.8) is 0 Å². The Balaban J connectivity index is 1.89. The van der Waals surface area contributed by atoms with Gasteiger partial charge >= 0.3 is 12.1 Å². The van der Waals surface area contributed by atoms with E-state index in [1.807, 2.05) is 45.0 Å². The highest BCUT2D eigenvalue weighted by Gasteiger charge is 2.31. The first-order valence-electron chi connectivity index (χ1n) is 10.3. The summed E-state index contributed by atoms with van der Waals surface area (Å²) in [4.78, 5) is 31.4. The molecule has 7 heteroatoms. The van der Waals surface area contributed by atoms with Gasteiger partial charge in [0.05, 0.1) is 31.8 Å².